The fourth-order valence-electron chi connectivity index (χ4n) is 2.51. The fourth-order valence-corrected chi connectivity index (χ4v) is 2.51. The van der Waals surface area contributed by atoms with Crippen molar-refractivity contribution in [1.29, 1.82) is 0 Å². The van der Waals surface area contributed by atoms with Gasteiger partial charge in [0.2, 0.25) is 0 Å². The van der Waals surface area contributed by atoms with Crippen molar-refractivity contribution in [2.45, 2.75) is 19.3 Å². The van der Waals surface area contributed by atoms with Crippen LogP contribution in [-0.4, -0.2) is 23.6 Å². The molecule has 0 saturated heterocycles. The molecule has 0 unspecified atom stereocenters. The Hall–Kier alpha value is -2.30. The molecule has 0 amide bonds. The first-order valence-corrected chi connectivity index (χ1v) is 6.76. The number of fused-ring (bicyclic) bond motifs is 1. The lowest BCUT2D eigenvalue weighted by Crippen LogP contribution is -2.25. The molecule has 1 aromatic carbocycles. The summed E-state index contributed by atoms with van der Waals surface area (Å²) < 4.78 is 5.32. The maximum absolute atomic E-state index is 12.1. The summed E-state index contributed by atoms with van der Waals surface area (Å²) in [6, 6.07) is 7.76. The molecule has 0 spiro atoms. The summed E-state index contributed by atoms with van der Waals surface area (Å²) in [7, 11) is 1.64. The number of para-hydroxylation sites is 1. The summed E-state index contributed by atoms with van der Waals surface area (Å²) in [5, 5.41) is 3.20. The second-order valence-corrected chi connectivity index (χ2v) is 4.86. The molecule has 1 aliphatic heterocycles. The molecule has 3 rings (SSSR count). The van der Waals surface area contributed by atoms with Crippen molar-refractivity contribution in [3.63, 3.8) is 0 Å². The number of H-pyrrole nitrogens is 1. The third-order valence-electron chi connectivity index (χ3n) is 3.51. The predicted octanol–water partition coefficient (Wildman–Crippen LogP) is 1.73. The zero-order valence-corrected chi connectivity index (χ0v) is 11.4. The molecule has 1 aliphatic rings. The van der Waals surface area contributed by atoms with E-state index in [1.54, 1.807) is 7.11 Å². The largest absolute Gasteiger partial charge is 0.496 e. The summed E-state index contributed by atoms with van der Waals surface area (Å²) in [5.41, 5.74) is 1.74. The van der Waals surface area contributed by atoms with Crippen LogP contribution in [0.2, 0.25) is 0 Å². The van der Waals surface area contributed by atoms with Gasteiger partial charge in [-0.1, -0.05) is 18.2 Å². The quantitative estimate of drug-likeness (QED) is 0.892. The first-order valence-electron chi connectivity index (χ1n) is 6.76. The monoisotopic (exact) mass is 271 g/mol. The summed E-state index contributed by atoms with van der Waals surface area (Å²) in [5.74, 6) is 2.19. The molecule has 0 bridgehead atoms. The van der Waals surface area contributed by atoms with Gasteiger partial charge in [-0.05, 0) is 18.9 Å². The first kappa shape index (κ1) is 12.7. The number of ether oxygens (including phenoxy) is 1. The summed E-state index contributed by atoms with van der Waals surface area (Å²) in [6.07, 6.45) is 2.32. The van der Waals surface area contributed by atoms with Gasteiger partial charge in [-0.2, -0.15) is 0 Å². The number of nitrogens with zero attached hydrogens (tertiary/aromatic N) is 1. The van der Waals surface area contributed by atoms with Crippen molar-refractivity contribution >= 4 is 5.82 Å². The van der Waals surface area contributed by atoms with Gasteiger partial charge in [-0.25, -0.2) is 4.98 Å². The molecule has 5 nitrogen and oxygen atoms in total. The Balaban J connectivity index is 1.95. The van der Waals surface area contributed by atoms with Crippen molar-refractivity contribution < 1.29 is 4.74 Å². The standard InChI is InChI=1S/C15H17N3O2/c1-20-12-7-3-2-5-10(12)9-13-17-14-11(15(19)18-13)6-4-8-16-14/h2-3,5,7H,4,6,8-9H2,1H3,(H2,16,17,18,19). The number of rotatable bonds is 3. The van der Waals surface area contributed by atoms with Crippen molar-refractivity contribution in [2.75, 3.05) is 19.0 Å². The van der Waals surface area contributed by atoms with Crippen LogP contribution >= 0.6 is 0 Å². The van der Waals surface area contributed by atoms with E-state index < -0.39 is 0 Å². The number of nitrogens with one attached hydrogen (secondary N) is 2. The first-order chi connectivity index (χ1) is 9.78. The van der Waals surface area contributed by atoms with E-state index in [1.165, 1.54) is 0 Å². The Labute approximate surface area is 117 Å². The fraction of sp³-hybridized carbons (Fsp3) is 0.333. The van der Waals surface area contributed by atoms with E-state index >= 15 is 0 Å². The Morgan fingerprint density at radius 2 is 2.20 bits per heavy atom. The molecule has 0 fully saturated rings. The highest BCUT2D eigenvalue weighted by atomic mass is 16.5. The smallest absolute Gasteiger partial charge is 0.256 e. The summed E-state index contributed by atoms with van der Waals surface area (Å²) in [4.78, 5) is 19.5. The average Bonchev–Trinajstić information content (AvgIpc) is 2.48. The predicted molar refractivity (Wildman–Crippen MR) is 77.5 cm³/mol. The van der Waals surface area contributed by atoms with Crippen LogP contribution in [0.4, 0.5) is 5.82 Å². The topological polar surface area (TPSA) is 67.0 Å². The van der Waals surface area contributed by atoms with Gasteiger partial charge in [0.25, 0.3) is 5.56 Å². The van der Waals surface area contributed by atoms with E-state index in [9.17, 15) is 4.79 Å². The second-order valence-electron chi connectivity index (χ2n) is 4.86. The van der Waals surface area contributed by atoms with Crippen LogP contribution in [0.25, 0.3) is 0 Å². The van der Waals surface area contributed by atoms with Crippen LogP contribution < -0.4 is 15.6 Å². The molecule has 2 N–H and O–H groups in total. The van der Waals surface area contributed by atoms with Gasteiger partial charge in [0.05, 0.1) is 12.7 Å². The van der Waals surface area contributed by atoms with Crippen LogP contribution in [0.1, 0.15) is 23.4 Å². The van der Waals surface area contributed by atoms with E-state index in [0.717, 1.165) is 42.1 Å². The van der Waals surface area contributed by atoms with Gasteiger partial charge >= 0.3 is 0 Å². The van der Waals surface area contributed by atoms with Gasteiger partial charge < -0.3 is 15.0 Å². The van der Waals surface area contributed by atoms with Crippen molar-refractivity contribution in [3.8, 4) is 5.75 Å². The second kappa shape index (κ2) is 5.36. The molecule has 0 aliphatic carbocycles. The van der Waals surface area contributed by atoms with E-state index in [2.05, 4.69) is 15.3 Å². The Kier molecular flexibility index (Phi) is 3.41. The van der Waals surface area contributed by atoms with E-state index in [4.69, 9.17) is 4.74 Å². The van der Waals surface area contributed by atoms with Crippen molar-refractivity contribution in [1.82, 2.24) is 9.97 Å². The maximum atomic E-state index is 12.1. The summed E-state index contributed by atoms with van der Waals surface area (Å²) >= 11 is 0. The Morgan fingerprint density at radius 3 is 3.05 bits per heavy atom. The van der Waals surface area contributed by atoms with Gasteiger partial charge in [0, 0.05) is 18.5 Å². The maximum Gasteiger partial charge on any atom is 0.256 e. The van der Waals surface area contributed by atoms with Crippen LogP contribution in [0.15, 0.2) is 29.1 Å². The van der Waals surface area contributed by atoms with Crippen LogP contribution in [-0.2, 0) is 12.8 Å². The van der Waals surface area contributed by atoms with Gasteiger partial charge in [0.1, 0.15) is 17.4 Å². The van der Waals surface area contributed by atoms with Gasteiger partial charge in [-0.15, -0.1) is 0 Å². The Bertz CT molecular complexity index is 679. The third-order valence-corrected chi connectivity index (χ3v) is 3.51. The van der Waals surface area contributed by atoms with Crippen LogP contribution in [0.3, 0.4) is 0 Å². The molecular formula is C15H17N3O2. The lowest BCUT2D eigenvalue weighted by molar-refractivity contribution is 0.410. The van der Waals surface area contributed by atoms with Gasteiger partial charge in [-0.3, -0.25) is 4.79 Å². The molecule has 0 saturated carbocycles. The molecule has 2 heterocycles. The number of anilines is 1. The van der Waals surface area contributed by atoms with Gasteiger partial charge in [0.15, 0.2) is 0 Å². The molecule has 0 atom stereocenters. The highest BCUT2D eigenvalue weighted by Crippen LogP contribution is 2.21. The molecule has 0 radical (unpaired) electrons. The number of hydrogen-bond acceptors (Lipinski definition) is 4. The SMILES string of the molecule is COc1ccccc1Cc1nc2c(c(=O)[nH]1)CCCN2. The van der Waals surface area contributed by atoms with Crippen LogP contribution in [0, 0.1) is 0 Å². The number of aromatic amines is 1. The number of aromatic nitrogens is 2. The zero-order valence-electron chi connectivity index (χ0n) is 11.4. The number of hydrogen-bond donors (Lipinski definition) is 2. The molecule has 20 heavy (non-hydrogen) atoms. The normalized spacial score (nSPS) is 13.4. The minimum atomic E-state index is -0.0351. The highest BCUT2D eigenvalue weighted by Gasteiger charge is 2.15. The van der Waals surface area contributed by atoms with Crippen molar-refractivity contribution in [3.05, 3.63) is 51.6 Å². The lowest BCUT2D eigenvalue weighted by Gasteiger charge is -2.16. The summed E-state index contributed by atoms with van der Waals surface area (Å²) in [6.45, 7) is 0.873. The van der Waals surface area contributed by atoms with E-state index in [0.29, 0.717) is 12.2 Å². The molecule has 5 heteroatoms. The minimum Gasteiger partial charge on any atom is -0.496 e. The molecular weight excluding hydrogens is 254 g/mol. The number of benzene rings is 1. The molecule has 104 valence electrons. The molecule has 1 aromatic heterocycles. The van der Waals surface area contributed by atoms with Crippen molar-refractivity contribution in [2.24, 2.45) is 0 Å². The minimum absolute atomic E-state index is 0.0351. The average molecular weight is 271 g/mol. The Morgan fingerprint density at radius 1 is 1.35 bits per heavy atom. The zero-order chi connectivity index (χ0) is 13.9. The van der Waals surface area contributed by atoms with E-state index in [-0.39, 0.29) is 5.56 Å². The van der Waals surface area contributed by atoms with E-state index in [1.807, 2.05) is 24.3 Å². The molecule has 2 aromatic rings. The van der Waals surface area contributed by atoms with Crippen LogP contribution in [0.5, 0.6) is 5.75 Å². The third kappa shape index (κ3) is 2.39. The lowest BCUT2D eigenvalue weighted by atomic mass is 10.1. The highest BCUT2D eigenvalue weighted by molar-refractivity contribution is 5.45. The number of methoxy groups -OCH3 is 1.